The third-order valence-electron chi connectivity index (χ3n) is 2.25. The second kappa shape index (κ2) is 7.20. The molecule has 0 aliphatic rings. The van der Waals surface area contributed by atoms with Crippen LogP contribution >= 0.6 is 23.2 Å². The average Bonchev–Trinajstić information content (AvgIpc) is 2.32. The fourth-order valence-electron chi connectivity index (χ4n) is 1.36. The van der Waals surface area contributed by atoms with Crippen molar-refractivity contribution in [2.75, 3.05) is 0 Å². The van der Waals surface area contributed by atoms with Gasteiger partial charge in [0.1, 0.15) is 0 Å². The molecule has 18 heavy (non-hydrogen) atoms. The summed E-state index contributed by atoms with van der Waals surface area (Å²) in [4.78, 5) is 4.36. The first-order chi connectivity index (χ1) is 8.58. The molecule has 0 N–H and O–H groups in total. The van der Waals surface area contributed by atoms with E-state index in [4.69, 9.17) is 23.2 Å². The van der Waals surface area contributed by atoms with Gasteiger partial charge >= 0.3 is 0 Å². The topological polar surface area (TPSA) is 12.4 Å². The number of benzene rings is 1. The van der Waals surface area contributed by atoms with E-state index in [1.54, 1.807) is 18.4 Å². The molecular weight excluding hydrogens is 265 g/mol. The molecule has 0 radical (unpaired) electrons. The number of aryl methyl sites for hydroxylation is 1. The van der Waals surface area contributed by atoms with Crippen molar-refractivity contribution in [1.82, 2.24) is 0 Å². The second-order valence-electron chi connectivity index (χ2n) is 3.71. The maximum Gasteiger partial charge on any atom is 0.0819 e. The Morgan fingerprint density at radius 3 is 2.61 bits per heavy atom. The first-order valence-corrected chi connectivity index (χ1v) is 6.29. The van der Waals surface area contributed by atoms with Gasteiger partial charge in [0.15, 0.2) is 0 Å². The zero-order valence-electron chi connectivity index (χ0n) is 10.5. The summed E-state index contributed by atoms with van der Waals surface area (Å²) in [5, 5.41) is 1.19. The first-order valence-electron chi connectivity index (χ1n) is 5.53. The van der Waals surface area contributed by atoms with Crippen LogP contribution in [0.2, 0.25) is 10.0 Å². The van der Waals surface area contributed by atoms with Crippen LogP contribution in [0.4, 0.5) is 5.69 Å². The third-order valence-corrected chi connectivity index (χ3v) is 2.96. The summed E-state index contributed by atoms with van der Waals surface area (Å²) in [6, 6.07) is 3.57. The highest BCUT2D eigenvalue weighted by atomic mass is 35.5. The average molecular weight is 280 g/mol. The van der Waals surface area contributed by atoms with Crippen LogP contribution in [0.15, 0.2) is 53.6 Å². The third kappa shape index (κ3) is 4.17. The quantitative estimate of drug-likeness (QED) is 0.496. The van der Waals surface area contributed by atoms with Crippen LogP contribution in [-0.4, -0.2) is 6.21 Å². The van der Waals surface area contributed by atoms with E-state index in [2.05, 4.69) is 11.6 Å². The van der Waals surface area contributed by atoms with Gasteiger partial charge in [-0.15, -0.1) is 0 Å². The molecule has 0 bridgehead atoms. The zero-order chi connectivity index (χ0) is 13.5. The summed E-state index contributed by atoms with van der Waals surface area (Å²) in [6.07, 6.45) is 9.23. The highest BCUT2D eigenvalue weighted by molar-refractivity contribution is 6.36. The van der Waals surface area contributed by atoms with E-state index in [9.17, 15) is 0 Å². The van der Waals surface area contributed by atoms with Crippen LogP contribution in [0.5, 0.6) is 0 Å². The van der Waals surface area contributed by atoms with Crippen LogP contribution in [0, 0.1) is 6.92 Å². The van der Waals surface area contributed by atoms with Crippen molar-refractivity contribution in [3.8, 4) is 0 Å². The minimum absolute atomic E-state index is 0.542. The highest BCUT2D eigenvalue weighted by Crippen LogP contribution is 2.30. The Balaban J connectivity index is 3.06. The number of nitrogens with zero attached hydrogens (tertiary/aromatic N) is 1. The lowest BCUT2D eigenvalue weighted by Gasteiger charge is -2.02. The van der Waals surface area contributed by atoms with Crippen molar-refractivity contribution in [3.63, 3.8) is 0 Å². The summed E-state index contributed by atoms with van der Waals surface area (Å²) in [5.74, 6) is 0. The lowest BCUT2D eigenvalue weighted by Crippen LogP contribution is -1.81. The van der Waals surface area contributed by atoms with Crippen LogP contribution < -0.4 is 0 Å². The Labute approximate surface area is 118 Å². The van der Waals surface area contributed by atoms with Crippen molar-refractivity contribution in [1.29, 1.82) is 0 Å². The molecule has 0 fully saturated rings. The largest absolute Gasteiger partial charge is 0.255 e. The molecule has 1 aromatic carbocycles. The van der Waals surface area contributed by atoms with Crippen molar-refractivity contribution in [2.45, 2.75) is 13.8 Å². The Bertz CT molecular complexity index is 526. The smallest absolute Gasteiger partial charge is 0.0819 e. The van der Waals surface area contributed by atoms with Crippen LogP contribution in [0.1, 0.15) is 12.5 Å². The summed E-state index contributed by atoms with van der Waals surface area (Å²) in [7, 11) is 0. The number of hydrogen-bond donors (Lipinski definition) is 0. The lowest BCUT2D eigenvalue weighted by atomic mass is 10.2. The molecule has 0 spiro atoms. The highest BCUT2D eigenvalue weighted by Gasteiger charge is 2.02. The maximum atomic E-state index is 6.08. The van der Waals surface area contributed by atoms with Crippen LogP contribution in [-0.2, 0) is 0 Å². The fourth-order valence-corrected chi connectivity index (χ4v) is 1.79. The molecule has 3 heteroatoms. The number of aliphatic imine (C=N–C) groups is 1. The standard InChI is InChI=1S/C15H15Cl2N/c1-4-6-12(7-5-2)10-18-15-8-11(3)13(16)9-14(15)17/h4-10H,1H2,2-3H3/b7-5-,12-6+,18-10?. The number of hydrogen-bond acceptors (Lipinski definition) is 1. The van der Waals surface area contributed by atoms with Crippen molar-refractivity contribution in [3.05, 3.63) is 64.2 Å². The first kappa shape index (κ1) is 14.7. The molecule has 94 valence electrons. The minimum atomic E-state index is 0.542. The van der Waals surface area contributed by atoms with Gasteiger partial charge in [-0.3, -0.25) is 4.99 Å². The summed E-state index contributed by atoms with van der Waals surface area (Å²) < 4.78 is 0. The molecule has 1 aromatic rings. The molecule has 0 saturated heterocycles. The van der Waals surface area contributed by atoms with Crippen LogP contribution in [0.25, 0.3) is 0 Å². The molecule has 0 aliphatic heterocycles. The summed E-state index contributed by atoms with van der Waals surface area (Å²) >= 11 is 12.1. The molecule has 0 atom stereocenters. The van der Waals surface area contributed by atoms with Gasteiger partial charge < -0.3 is 0 Å². The fraction of sp³-hybridized carbons (Fsp3) is 0.133. The van der Waals surface area contributed by atoms with E-state index in [1.165, 1.54) is 0 Å². The van der Waals surface area contributed by atoms with Gasteiger partial charge in [-0.25, -0.2) is 0 Å². The van der Waals surface area contributed by atoms with Gasteiger partial charge in [0, 0.05) is 11.2 Å². The van der Waals surface area contributed by atoms with E-state index in [0.29, 0.717) is 15.7 Å². The Morgan fingerprint density at radius 2 is 2.00 bits per heavy atom. The Kier molecular flexibility index (Phi) is 5.90. The van der Waals surface area contributed by atoms with E-state index in [-0.39, 0.29) is 0 Å². The SMILES string of the molecule is C=C/C=C(C=Nc1cc(C)c(Cl)cc1Cl)\C=C/C. The van der Waals surface area contributed by atoms with Crippen molar-refractivity contribution >= 4 is 35.1 Å². The van der Waals surface area contributed by atoms with Gasteiger partial charge in [0.05, 0.1) is 10.7 Å². The zero-order valence-corrected chi connectivity index (χ0v) is 12.0. The molecule has 0 aromatic heterocycles. The van der Waals surface area contributed by atoms with E-state index in [0.717, 1.165) is 11.1 Å². The van der Waals surface area contributed by atoms with Gasteiger partial charge in [-0.2, -0.15) is 0 Å². The van der Waals surface area contributed by atoms with Gasteiger partial charge in [-0.1, -0.05) is 54.1 Å². The number of allylic oxidation sites excluding steroid dienone is 5. The van der Waals surface area contributed by atoms with E-state index < -0.39 is 0 Å². The van der Waals surface area contributed by atoms with E-state index in [1.807, 2.05) is 38.1 Å². The normalized spacial score (nSPS) is 12.6. The molecule has 0 unspecified atom stereocenters. The molecular formula is C15H15Cl2N. The molecule has 0 amide bonds. The molecule has 1 rings (SSSR count). The lowest BCUT2D eigenvalue weighted by molar-refractivity contribution is 1.43. The maximum absolute atomic E-state index is 6.08. The predicted molar refractivity (Wildman–Crippen MR) is 82.4 cm³/mol. The monoisotopic (exact) mass is 279 g/mol. The van der Waals surface area contributed by atoms with Gasteiger partial charge in [0.2, 0.25) is 0 Å². The van der Waals surface area contributed by atoms with E-state index >= 15 is 0 Å². The molecule has 0 saturated carbocycles. The summed E-state index contributed by atoms with van der Waals surface area (Å²) in [6.45, 7) is 7.53. The van der Waals surface area contributed by atoms with Crippen molar-refractivity contribution < 1.29 is 0 Å². The predicted octanol–water partition coefficient (Wildman–Crippen LogP) is 5.69. The van der Waals surface area contributed by atoms with Crippen LogP contribution in [0.3, 0.4) is 0 Å². The molecule has 0 aliphatic carbocycles. The molecule has 0 heterocycles. The Hall–Kier alpha value is -1.31. The second-order valence-corrected chi connectivity index (χ2v) is 4.53. The molecule has 1 nitrogen and oxygen atoms in total. The number of rotatable bonds is 4. The summed E-state index contributed by atoms with van der Waals surface area (Å²) in [5.41, 5.74) is 2.61. The Morgan fingerprint density at radius 1 is 1.28 bits per heavy atom. The minimum Gasteiger partial charge on any atom is -0.255 e. The van der Waals surface area contributed by atoms with Gasteiger partial charge in [0.25, 0.3) is 0 Å². The van der Waals surface area contributed by atoms with Gasteiger partial charge in [-0.05, 0) is 37.1 Å². The number of halogens is 2. The van der Waals surface area contributed by atoms with Crippen molar-refractivity contribution in [2.24, 2.45) is 4.99 Å².